The van der Waals surface area contributed by atoms with Gasteiger partial charge in [-0.2, -0.15) is 0 Å². The molecule has 6 nitrogen and oxygen atoms in total. The molecule has 0 spiro atoms. The fourth-order valence-corrected chi connectivity index (χ4v) is 2.46. The Kier molecular flexibility index (Phi) is 2.69. The van der Waals surface area contributed by atoms with Crippen molar-refractivity contribution in [3.8, 4) is 0 Å². The monoisotopic (exact) mass is 264 g/mol. The van der Waals surface area contributed by atoms with Gasteiger partial charge in [0.25, 0.3) is 0 Å². The van der Waals surface area contributed by atoms with Crippen LogP contribution in [0.1, 0.15) is 38.5 Å². The highest BCUT2D eigenvalue weighted by Crippen LogP contribution is 2.42. The van der Waals surface area contributed by atoms with Crippen LogP contribution in [0.5, 0.6) is 0 Å². The van der Waals surface area contributed by atoms with E-state index in [9.17, 15) is 19.8 Å². The second-order valence-corrected chi connectivity index (χ2v) is 5.74. The third-order valence-corrected chi connectivity index (χ3v) is 3.88. The van der Waals surface area contributed by atoms with E-state index < -0.39 is 17.6 Å². The van der Waals surface area contributed by atoms with Crippen molar-refractivity contribution < 1.29 is 19.8 Å². The Morgan fingerprint density at radius 1 is 1.11 bits per heavy atom. The molecular weight excluding hydrogens is 248 g/mol. The Bertz CT molecular complexity index is 503. The Morgan fingerprint density at radius 2 is 1.74 bits per heavy atom. The molecule has 19 heavy (non-hydrogen) atoms. The van der Waals surface area contributed by atoms with Crippen molar-refractivity contribution in [2.45, 2.75) is 44.2 Å². The molecule has 2 fully saturated rings. The van der Waals surface area contributed by atoms with Gasteiger partial charge in [0.05, 0.1) is 5.71 Å². The molecule has 3 aliphatic rings. The molecule has 1 heterocycles. The first kappa shape index (κ1) is 12.3. The summed E-state index contributed by atoms with van der Waals surface area (Å²) in [6.45, 7) is 0. The lowest BCUT2D eigenvalue weighted by atomic mass is 10.0. The van der Waals surface area contributed by atoms with E-state index in [1.807, 2.05) is 0 Å². The molecule has 0 saturated heterocycles. The number of aliphatic carboxylic acids is 2. The highest BCUT2D eigenvalue weighted by atomic mass is 16.4. The lowest BCUT2D eigenvalue weighted by molar-refractivity contribution is -0.143. The average Bonchev–Trinajstić information content (AvgIpc) is 3.20. The molecule has 0 aromatic carbocycles. The smallest absolute Gasteiger partial charge is 0.356 e. The van der Waals surface area contributed by atoms with Crippen LogP contribution in [0.3, 0.4) is 0 Å². The number of carbonyl (C=O) groups is 2. The maximum Gasteiger partial charge on any atom is 0.356 e. The lowest BCUT2D eigenvalue weighted by Gasteiger charge is -2.17. The van der Waals surface area contributed by atoms with Crippen LogP contribution in [0.4, 0.5) is 0 Å². The van der Waals surface area contributed by atoms with Gasteiger partial charge >= 0.3 is 11.9 Å². The van der Waals surface area contributed by atoms with Crippen LogP contribution in [0.15, 0.2) is 9.98 Å². The highest BCUT2D eigenvalue weighted by molar-refractivity contribution is 6.66. The van der Waals surface area contributed by atoms with Gasteiger partial charge in [0.2, 0.25) is 5.66 Å². The number of carboxylic acids is 2. The summed E-state index contributed by atoms with van der Waals surface area (Å²) in [5.74, 6) is -1.53. The molecule has 3 rings (SSSR count). The first-order valence-corrected chi connectivity index (χ1v) is 6.66. The fraction of sp³-hybridized carbons (Fsp3) is 0.692. The molecule has 1 unspecified atom stereocenters. The van der Waals surface area contributed by atoms with E-state index in [-0.39, 0.29) is 5.71 Å². The Balaban J connectivity index is 1.92. The molecule has 0 aromatic heterocycles. The van der Waals surface area contributed by atoms with Crippen molar-refractivity contribution in [3.63, 3.8) is 0 Å². The van der Waals surface area contributed by atoms with Gasteiger partial charge in [-0.25, -0.2) is 19.6 Å². The molecule has 6 heteroatoms. The zero-order valence-electron chi connectivity index (χ0n) is 10.5. The Labute approximate surface area is 110 Å². The number of nitrogens with zero attached hydrogens (tertiary/aromatic N) is 2. The number of carboxylic acid groups (broad SMARTS) is 2. The van der Waals surface area contributed by atoms with Crippen LogP contribution in [0.25, 0.3) is 0 Å². The van der Waals surface area contributed by atoms with Crippen molar-refractivity contribution in [2.24, 2.45) is 21.8 Å². The Hall–Kier alpha value is -1.72. The van der Waals surface area contributed by atoms with Crippen LogP contribution in [-0.2, 0) is 9.59 Å². The second kappa shape index (κ2) is 4.15. The minimum atomic E-state index is -1.57. The van der Waals surface area contributed by atoms with Gasteiger partial charge in [0, 0.05) is 6.42 Å². The van der Waals surface area contributed by atoms with E-state index in [2.05, 4.69) is 9.98 Å². The van der Waals surface area contributed by atoms with Gasteiger partial charge in [-0.05, 0) is 31.1 Å². The predicted molar refractivity (Wildman–Crippen MR) is 67.6 cm³/mol. The van der Waals surface area contributed by atoms with Gasteiger partial charge in [0.1, 0.15) is 0 Å². The van der Waals surface area contributed by atoms with E-state index in [0.29, 0.717) is 30.4 Å². The fourth-order valence-electron chi connectivity index (χ4n) is 2.46. The van der Waals surface area contributed by atoms with Gasteiger partial charge in [0.15, 0.2) is 5.71 Å². The summed E-state index contributed by atoms with van der Waals surface area (Å²) in [6.07, 6.45) is 4.97. The highest BCUT2D eigenvalue weighted by Gasteiger charge is 2.48. The SMILES string of the molecule is O=C(O)C1=NC(CC2CC2)(C(=O)O)N=C1CC1CC1. The molecule has 0 amide bonds. The molecule has 1 atom stereocenters. The van der Waals surface area contributed by atoms with E-state index >= 15 is 0 Å². The first-order valence-electron chi connectivity index (χ1n) is 6.66. The third-order valence-electron chi connectivity index (χ3n) is 3.88. The average molecular weight is 264 g/mol. The molecule has 0 bridgehead atoms. The standard InChI is InChI=1S/C13H16N2O4/c16-11(17)10-9(5-7-1-2-7)14-13(15-10,12(18)19)6-8-3-4-8/h7-8H,1-6H2,(H,16,17)(H,18,19). The number of rotatable bonds is 6. The van der Waals surface area contributed by atoms with Gasteiger partial charge in [-0.1, -0.05) is 12.8 Å². The van der Waals surface area contributed by atoms with Crippen molar-refractivity contribution >= 4 is 23.4 Å². The van der Waals surface area contributed by atoms with Gasteiger partial charge < -0.3 is 10.2 Å². The second-order valence-electron chi connectivity index (χ2n) is 5.74. The molecule has 2 saturated carbocycles. The maximum atomic E-state index is 11.5. The topological polar surface area (TPSA) is 99.3 Å². The molecule has 102 valence electrons. The van der Waals surface area contributed by atoms with Crippen molar-refractivity contribution in [3.05, 3.63) is 0 Å². The zero-order chi connectivity index (χ0) is 13.6. The molecule has 0 aromatic rings. The van der Waals surface area contributed by atoms with Crippen LogP contribution < -0.4 is 0 Å². The summed E-state index contributed by atoms with van der Waals surface area (Å²) >= 11 is 0. The lowest BCUT2D eigenvalue weighted by Crippen LogP contribution is -2.34. The predicted octanol–water partition coefficient (Wildman–Crippen LogP) is 1.35. The van der Waals surface area contributed by atoms with Crippen molar-refractivity contribution in [1.29, 1.82) is 0 Å². The summed E-state index contributed by atoms with van der Waals surface area (Å²) < 4.78 is 0. The minimum absolute atomic E-state index is 0.144. The van der Waals surface area contributed by atoms with Crippen molar-refractivity contribution in [2.75, 3.05) is 0 Å². The van der Waals surface area contributed by atoms with E-state index in [1.54, 1.807) is 0 Å². The summed E-state index contributed by atoms with van der Waals surface area (Å²) in [5.41, 5.74) is -1.34. The summed E-state index contributed by atoms with van der Waals surface area (Å²) in [5, 5.41) is 18.6. The summed E-state index contributed by atoms with van der Waals surface area (Å²) in [6, 6.07) is 0. The minimum Gasteiger partial charge on any atom is -0.478 e. The van der Waals surface area contributed by atoms with Gasteiger partial charge in [-0.3, -0.25) is 0 Å². The molecule has 2 aliphatic carbocycles. The maximum absolute atomic E-state index is 11.5. The van der Waals surface area contributed by atoms with Crippen LogP contribution in [0.2, 0.25) is 0 Å². The molecule has 1 aliphatic heterocycles. The van der Waals surface area contributed by atoms with E-state index in [1.165, 1.54) is 0 Å². The summed E-state index contributed by atoms with van der Waals surface area (Å²) in [4.78, 5) is 30.9. The van der Waals surface area contributed by atoms with Crippen molar-refractivity contribution in [1.82, 2.24) is 0 Å². The summed E-state index contributed by atoms with van der Waals surface area (Å²) in [7, 11) is 0. The normalized spacial score (nSPS) is 29.9. The van der Waals surface area contributed by atoms with Crippen LogP contribution in [-0.4, -0.2) is 39.2 Å². The van der Waals surface area contributed by atoms with Crippen LogP contribution in [0, 0.1) is 11.8 Å². The third kappa shape index (κ3) is 2.39. The zero-order valence-corrected chi connectivity index (χ0v) is 10.5. The Morgan fingerprint density at radius 3 is 2.21 bits per heavy atom. The molecule has 2 N–H and O–H groups in total. The van der Waals surface area contributed by atoms with Crippen LogP contribution >= 0.6 is 0 Å². The number of hydrogen-bond donors (Lipinski definition) is 2. The van der Waals surface area contributed by atoms with Gasteiger partial charge in [-0.15, -0.1) is 0 Å². The quantitative estimate of drug-likeness (QED) is 0.756. The number of aliphatic imine (C=N–C) groups is 2. The molecule has 0 radical (unpaired) electrons. The number of hydrogen-bond acceptors (Lipinski definition) is 4. The molecular formula is C13H16N2O4. The van der Waals surface area contributed by atoms with E-state index in [4.69, 9.17) is 0 Å². The van der Waals surface area contributed by atoms with E-state index in [0.717, 1.165) is 25.7 Å². The first-order chi connectivity index (χ1) is 9.00. The largest absolute Gasteiger partial charge is 0.478 e.